The second kappa shape index (κ2) is 7.79. The van der Waals surface area contributed by atoms with Crippen molar-refractivity contribution >= 4 is 27.5 Å². The minimum Gasteiger partial charge on any atom is -0.328 e. The molecule has 1 fully saturated rings. The molecule has 1 aliphatic rings. The first-order valence-corrected chi connectivity index (χ1v) is 8.70. The van der Waals surface area contributed by atoms with E-state index in [1.165, 1.54) is 24.8 Å². The standard InChI is InChI=1S/C16H24BrClN2/c1-2-9-20(14-6-4-13(19)5-7-14)11-12-3-8-16(18)15(17)10-12/h3,8,10,13-14H,2,4-7,9,11,19H2,1H3. The van der Waals surface area contributed by atoms with Gasteiger partial charge in [0.15, 0.2) is 0 Å². The highest BCUT2D eigenvalue weighted by molar-refractivity contribution is 9.10. The maximum Gasteiger partial charge on any atom is 0.0548 e. The molecule has 2 rings (SSSR count). The molecule has 2 N–H and O–H groups in total. The maximum absolute atomic E-state index is 6.07. The topological polar surface area (TPSA) is 29.3 Å². The molecule has 0 heterocycles. The van der Waals surface area contributed by atoms with Crippen LogP contribution < -0.4 is 5.73 Å². The lowest BCUT2D eigenvalue weighted by Gasteiger charge is -2.36. The van der Waals surface area contributed by atoms with E-state index in [4.69, 9.17) is 17.3 Å². The van der Waals surface area contributed by atoms with Gasteiger partial charge >= 0.3 is 0 Å². The van der Waals surface area contributed by atoms with Crippen molar-refractivity contribution in [1.29, 1.82) is 0 Å². The van der Waals surface area contributed by atoms with Crippen molar-refractivity contribution in [3.8, 4) is 0 Å². The first kappa shape index (κ1) is 16.3. The molecule has 0 aromatic heterocycles. The van der Waals surface area contributed by atoms with Gasteiger partial charge in [-0.2, -0.15) is 0 Å². The first-order valence-electron chi connectivity index (χ1n) is 7.53. The molecule has 0 saturated heterocycles. The Hall–Kier alpha value is -0.0900. The van der Waals surface area contributed by atoms with Crippen LogP contribution in [0, 0.1) is 0 Å². The minimum atomic E-state index is 0.416. The van der Waals surface area contributed by atoms with Crippen LogP contribution in [-0.2, 0) is 6.54 Å². The molecule has 0 amide bonds. The monoisotopic (exact) mass is 358 g/mol. The summed E-state index contributed by atoms with van der Waals surface area (Å²) < 4.78 is 0.985. The van der Waals surface area contributed by atoms with E-state index >= 15 is 0 Å². The number of nitrogens with two attached hydrogens (primary N) is 1. The zero-order valence-corrected chi connectivity index (χ0v) is 14.5. The van der Waals surface area contributed by atoms with Crippen molar-refractivity contribution in [1.82, 2.24) is 4.90 Å². The van der Waals surface area contributed by atoms with E-state index in [-0.39, 0.29) is 0 Å². The van der Waals surface area contributed by atoms with E-state index in [2.05, 4.69) is 39.9 Å². The summed E-state index contributed by atoms with van der Waals surface area (Å²) in [6.45, 7) is 4.41. The van der Waals surface area contributed by atoms with Crippen LogP contribution in [0.15, 0.2) is 22.7 Å². The minimum absolute atomic E-state index is 0.416. The average molecular weight is 360 g/mol. The molecule has 0 bridgehead atoms. The molecule has 20 heavy (non-hydrogen) atoms. The zero-order valence-electron chi connectivity index (χ0n) is 12.1. The molecule has 0 unspecified atom stereocenters. The number of hydrogen-bond donors (Lipinski definition) is 1. The fraction of sp³-hybridized carbons (Fsp3) is 0.625. The quantitative estimate of drug-likeness (QED) is 0.833. The molecule has 0 aliphatic heterocycles. The molecule has 2 nitrogen and oxygen atoms in total. The normalized spacial score (nSPS) is 23.2. The molecule has 112 valence electrons. The van der Waals surface area contributed by atoms with Crippen molar-refractivity contribution < 1.29 is 0 Å². The van der Waals surface area contributed by atoms with Crippen molar-refractivity contribution in [3.63, 3.8) is 0 Å². The molecule has 1 saturated carbocycles. The van der Waals surface area contributed by atoms with Crippen LogP contribution >= 0.6 is 27.5 Å². The Balaban J connectivity index is 2.02. The van der Waals surface area contributed by atoms with Crippen LogP contribution in [0.3, 0.4) is 0 Å². The lowest BCUT2D eigenvalue weighted by molar-refractivity contribution is 0.142. The van der Waals surface area contributed by atoms with Gasteiger partial charge in [0.2, 0.25) is 0 Å². The lowest BCUT2D eigenvalue weighted by Crippen LogP contribution is -2.40. The summed E-state index contributed by atoms with van der Waals surface area (Å²) in [5.74, 6) is 0. The van der Waals surface area contributed by atoms with Gasteiger partial charge in [-0.25, -0.2) is 0 Å². The Kier molecular flexibility index (Phi) is 6.34. The average Bonchev–Trinajstić information content (AvgIpc) is 2.43. The van der Waals surface area contributed by atoms with Gasteiger partial charge in [0.05, 0.1) is 5.02 Å². The molecule has 4 heteroatoms. The Morgan fingerprint density at radius 2 is 2.00 bits per heavy atom. The summed E-state index contributed by atoms with van der Waals surface area (Å²) in [7, 11) is 0. The van der Waals surface area contributed by atoms with Crippen LogP contribution in [0.2, 0.25) is 5.02 Å². The van der Waals surface area contributed by atoms with Gasteiger partial charge in [-0.3, -0.25) is 4.90 Å². The zero-order chi connectivity index (χ0) is 14.5. The Morgan fingerprint density at radius 3 is 2.60 bits per heavy atom. The summed E-state index contributed by atoms with van der Waals surface area (Å²) >= 11 is 9.58. The van der Waals surface area contributed by atoms with Gasteiger partial charge in [-0.05, 0) is 72.3 Å². The summed E-state index contributed by atoms with van der Waals surface area (Å²) in [5.41, 5.74) is 7.34. The largest absolute Gasteiger partial charge is 0.328 e. The van der Waals surface area contributed by atoms with E-state index in [9.17, 15) is 0 Å². The van der Waals surface area contributed by atoms with Gasteiger partial charge in [-0.15, -0.1) is 0 Å². The molecule has 1 aliphatic carbocycles. The second-order valence-electron chi connectivity index (χ2n) is 5.79. The summed E-state index contributed by atoms with van der Waals surface area (Å²) in [4.78, 5) is 2.61. The van der Waals surface area contributed by atoms with Gasteiger partial charge in [-0.1, -0.05) is 24.6 Å². The number of benzene rings is 1. The van der Waals surface area contributed by atoms with Crippen LogP contribution in [0.4, 0.5) is 0 Å². The van der Waals surface area contributed by atoms with Gasteiger partial charge < -0.3 is 5.73 Å². The van der Waals surface area contributed by atoms with Crippen molar-refractivity contribution in [3.05, 3.63) is 33.3 Å². The van der Waals surface area contributed by atoms with Crippen molar-refractivity contribution in [2.45, 2.75) is 57.7 Å². The van der Waals surface area contributed by atoms with E-state index in [1.54, 1.807) is 0 Å². The summed E-state index contributed by atoms with van der Waals surface area (Å²) in [6, 6.07) is 7.34. The lowest BCUT2D eigenvalue weighted by atomic mass is 9.90. The van der Waals surface area contributed by atoms with Crippen LogP contribution in [0.25, 0.3) is 0 Å². The Bertz CT molecular complexity index is 430. The summed E-state index contributed by atoms with van der Waals surface area (Å²) in [6.07, 6.45) is 5.98. The van der Waals surface area contributed by atoms with E-state index < -0.39 is 0 Å². The number of hydrogen-bond acceptors (Lipinski definition) is 2. The first-order chi connectivity index (χ1) is 9.60. The fourth-order valence-corrected chi connectivity index (χ4v) is 3.56. The van der Waals surface area contributed by atoms with E-state index in [0.717, 1.165) is 35.4 Å². The van der Waals surface area contributed by atoms with Crippen LogP contribution in [0.1, 0.15) is 44.6 Å². The third-order valence-electron chi connectivity index (χ3n) is 4.14. The van der Waals surface area contributed by atoms with Crippen molar-refractivity contribution in [2.75, 3.05) is 6.54 Å². The third-order valence-corrected chi connectivity index (χ3v) is 5.35. The Labute approximate surface area is 135 Å². The van der Waals surface area contributed by atoms with Gasteiger partial charge in [0.25, 0.3) is 0 Å². The summed E-state index contributed by atoms with van der Waals surface area (Å²) in [5, 5.41) is 0.777. The number of nitrogens with zero attached hydrogens (tertiary/aromatic N) is 1. The fourth-order valence-electron chi connectivity index (χ4n) is 3.02. The molecule has 0 radical (unpaired) electrons. The molecule has 1 aromatic carbocycles. The van der Waals surface area contributed by atoms with Gasteiger partial charge in [0, 0.05) is 23.1 Å². The predicted octanol–water partition coefficient (Wildman–Crippen LogP) is 4.58. The highest BCUT2D eigenvalue weighted by Crippen LogP contribution is 2.27. The molecule has 1 aromatic rings. The molecular formula is C16H24BrClN2. The highest BCUT2D eigenvalue weighted by Gasteiger charge is 2.23. The predicted molar refractivity (Wildman–Crippen MR) is 90.1 cm³/mol. The molecule has 0 spiro atoms. The van der Waals surface area contributed by atoms with Gasteiger partial charge in [0.1, 0.15) is 0 Å². The van der Waals surface area contributed by atoms with E-state index in [1.807, 2.05) is 6.07 Å². The molecule has 0 atom stereocenters. The number of rotatable bonds is 5. The Morgan fingerprint density at radius 1 is 1.30 bits per heavy atom. The second-order valence-corrected chi connectivity index (χ2v) is 7.05. The van der Waals surface area contributed by atoms with Crippen LogP contribution in [-0.4, -0.2) is 23.5 Å². The number of halogens is 2. The van der Waals surface area contributed by atoms with Crippen molar-refractivity contribution in [2.24, 2.45) is 5.73 Å². The van der Waals surface area contributed by atoms with E-state index in [0.29, 0.717) is 12.1 Å². The third kappa shape index (κ3) is 4.45. The maximum atomic E-state index is 6.07. The van der Waals surface area contributed by atoms with Crippen LogP contribution in [0.5, 0.6) is 0 Å². The highest BCUT2D eigenvalue weighted by atomic mass is 79.9. The smallest absolute Gasteiger partial charge is 0.0548 e. The SMILES string of the molecule is CCCN(Cc1ccc(Cl)c(Br)c1)C1CCC(N)CC1. The molecular weight excluding hydrogens is 336 g/mol.